The van der Waals surface area contributed by atoms with Gasteiger partial charge in [-0.15, -0.1) is 0 Å². The lowest BCUT2D eigenvalue weighted by atomic mass is 10.2. The number of rotatable bonds is 1. The fraction of sp³-hybridized carbons (Fsp3) is 0.800. The first kappa shape index (κ1) is 4.32. The Kier molecular flexibility index (Phi) is 1.15. The Morgan fingerprint density at radius 2 is 2.75 bits per heavy atom. The summed E-state index contributed by atoms with van der Waals surface area (Å²) in [5.41, 5.74) is 0. The van der Waals surface area contributed by atoms with Crippen molar-refractivity contribution >= 4 is 5.97 Å². The maximum absolute atomic E-state index is 10.3. The fourth-order valence-corrected chi connectivity index (χ4v) is 0.825. The van der Waals surface area contributed by atoms with Gasteiger partial charge in [0.15, 0.2) is 0 Å². The van der Waals surface area contributed by atoms with Crippen molar-refractivity contribution < 1.29 is 11.3 Å². The Morgan fingerprint density at radius 3 is 3.00 bits per heavy atom. The van der Waals surface area contributed by atoms with Gasteiger partial charge in [-0.05, 0) is 19.4 Å². The monoisotopic (exact) mass is 116 g/mol. The maximum Gasteiger partial charge on any atom is 0.320 e. The Balaban J connectivity index is 2.49. The van der Waals surface area contributed by atoms with E-state index in [2.05, 4.69) is 0 Å². The van der Waals surface area contributed by atoms with Gasteiger partial charge in [0.2, 0.25) is 0 Å². The molecule has 1 rings (SSSR count). The molecule has 0 saturated carbocycles. The molecule has 1 heterocycles. The van der Waals surface area contributed by atoms with E-state index in [9.17, 15) is 4.79 Å². The second-order valence-corrected chi connectivity index (χ2v) is 1.90. The summed E-state index contributed by atoms with van der Waals surface area (Å²) in [6.07, 6.45) is 1.46. The standard InChI is InChI=1S/C5H9NO2/c7-5(8)4-2-1-3-6-4/h4,6H,1-3H2,(H,7,8)/t4-/m1/s1/i/hD. The van der Waals surface area contributed by atoms with Crippen LogP contribution < -0.4 is 5.31 Å². The van der Waals surface area contributed by atoms with E-state index in [0.29, 0.717) is 13.0 Å². The van der Waals surface area contributed by atoms with Crippen molar-refractivity contribution in [2.45, 2.75) is 18.9 Å². The smallest absolute Gasteiger partial charge is 0.320 e. The van der Waals surface area contributed by atoms with Crippen LogP contribution in [0.2, 0.25) is 1.41 Å². The van der Waals surface area contributed by atoms with Crippen molar-refractivity contribution in [2.75, 3.05) is 6.54 Å². The summed E-state index contributed by atoms with van der Waals surface area (Å²) in [5.74, 6) is -0.873. The third-order valence-electron chi connectivity index (χ3n) is 1.27. The van der Waals surface area contributed by atoms with Crippen LogP contribution in [0.1, 0.15) is 12.8 Å². The number of carboxylic acids is 1. The van der Waals surface area contributed by atoms with Crippen LogP contribution in [0.15, 0.2) is 0 Å². The number of hydrogen-bond donors (Lipinski definition) is 2. The van der Waals surface area contributed by atoms with Gasteiger partial charge in [-0.3, -0.25) is 4.79 Å². The molecule has 1 aliphatic heterocycles. The van der Waals surface area contributed by atoms with E-state index in [1.807, 2.05) is 0 Å². The molecule has 8 heavy (non-hydrogen) atoms. The number of nitrogens with one attached hydrogen (secondary N) is 1. The second-order valence-electron chi connectivity index (χ2n) is 1.90. The lowest BCUT2D eigenvalue weighted by Crippen LogP contribution is -2.29. The van der Waals surface area contributed by atoms with Gasteiger partial charge in [-0.2, -0.15) is 0 Å². The molecule has 3 heteroatoms. The molecule has 0 bridgehead atoms. The van der Waals surface area contributed by atoms with Crippen LogP contribution in [-0.4, -0.2) is 23.7 Å². The zero-order chi connectivity index (χ0) is 6.85. The van der Waals surface area contributed by atoms with E-state index in [1.165, 1.54) is 0 Å². The van der Waals surface area contributed by atoms with Gasteiger partial charge in [-0.25, -0.2) is 0 Å². The molecule has 0 aromatic heterocycles. The summed E-state index contributed by atoms with van der Waals surface area (Å²) < 4.78 is 7.07. The average Bonchev–Trinajstić information content (AvgIpc) is 2.13. The molecule has 0 aliphatic carbocycles. The number of hydrogen-bond acceptors (Lipinski definition) is 2. The summed E-state index contributed by atoms with van der Waals surface area (Å²) in [6, 6.07) is -0.551. The molecule has 1 saturated heterocycles. The van der Waals surface area contributed by atoms with Crippen LogP contribution in [0.5, 0.6) is 0 Å². The van der Waals surface area contributed by atoms with E-state index in [-0.39, 0.29) is 0 Å². The molecule has 1 atom stereocenters. The first-order chi connectivity index (χ1) is 4.22. The Bertz CT molecular complexity index is 128. The molecule has 0 radical (unpaired) electrons. The highest BCUT2D eigenvalue weighted by molar-refractivity contribution is 5.73. The predicted octanol–water partition coefficient (Wildman–Crippen LogP) is -0.177. The lowest BCUT2D eigenvalue weighted by molar-refractivity contribution is -0.139. The molecule has 2 N–H and O–H groups in total. The van der Waals surface area contributed by atoms with E-state index >= 15 is 0 Å². The largest absolute Gasteiger partial charge is 0.480 e. The minimum Gasteiger partial charge on any atom is -0.480 e. The summed E-state index contributed by atoms with van der Waals surface area (Å²) >= 11 is 0. The van der Waals surface area contributed by atoms with Crippen molar-refractivity contribution in [1.82, 2.24) is 5.31 Å². The predicted molar refractivity (Wildman–Crippen MR) is 28.7 cm³/mol. The fourth-order valence-electron chi connectivity index (χ4n) is 0.825. The normalized spacial score (nSPS) is 32.5. The minimum absolute atomic E-state index is 0.551. The lowest BCUT2D eigenvalue weighted by Gasteiger charge is -1.99. The van der Waals surface area contributed by atoms with Crippen molar-refractivity contribution in [3.8, 4) is 0 Å². The molecule has 1 aliphatic rings. The molecule has 0 aromatic carbocycles. The second kappa shape index (κ2) is 2.13. The molecule has 0 spiro atoms. The summed E-state index contributed by atoms with van der Waals surface area (Å²) in [4.78, 5) is 10.3. The third-order valence-corrected chi connectivity index (χ3v) is 1.27. The van der Waals surface area contributed by atoms with Crippen LogP contribution in [0.25, 0.3) is 0 Å². The number of carbonyl (C=O) groups is 1. The first-order valence-corrected chi connectivity index (χ1v) is 2.70. The summed E-state index contributed by atoms with van der Waals surface area (Å²) in [5, 5.41) is 9.55. The Morgan fingerprint density at radius 1 is 2.00 bits per heavy atom. The number of aliphatic carboxylic acids is 1. The van der Waals surface area contributed by atoms with Crippen LogP contribution in [0, 0.1) is 0 Å². The first-order valence-electron chi connectivity index (χ1n) is 3.15. The van der Waals surface area contributed by atoms with Crippen molar-refractivity contribution in [2.24, 2.45) is 0 Å². The molecule has 46 valence electrons. The van der Waals surface area contributed by atoms with E-state index in [0.717, 1.165) is 11.7 Å². The van der Waals surface area contributed by atoms with Gasteiger partial charge < -0.3 is 10.4 Å². The molecular formula is C5H9NO2. The zero-order valence-electron chi connectivity index (χ0n) is 5.50. The van der Waals surface area contributed by atoms with E-state index in [4.69, 9.17) is 6.52 Å². The topological polar surface area (TPSA) is 49.3 Å². The molecule has 1 fully saturated rings. The average molecular weight is 116 g/mol. The van der Waals surface area contributed by atoms with Gasteiger partial charge in [0.25, 0.3) is 0 Å². The highest BCUT2D eigenvalue weighted by atomic mass is 16.4. The molecule has 0 aromatic rings. The van der Waals surface area contributed by atoms with Crippen molar-refractivity contribution in [3.63, 3.8) is 0 Å². The van der Waals surface area contributed by atoms with Crippen molar-refractivity contribution in [3.05, 3.63) is 0 Å². The van der Waals surface area contributed by atoms with Crippen molar-refractivity contribution in [1.29, 1.82) is 0 Å². The third kappa shape index (κ3) is 0.980. The van der Waals surface area contributed by atoms with Gasteiger partial charge in [-0.1, -0.05) is 0 Å². The molecule has 0 amide bonds. The number of carboxylic acid groups (broad SMARTS) is 1. The Hall–Kier alpha value is -0.570. The van der Waals surface area contributed by atoms with Crippen LogP contribution in [-0.2, 0) is 4.79 Å². The molecule has 0 unspecified atom stereocenters. The summed E-state index contributed by atoms with van der Waals surface area (Å²) in [6.45, 7) is 0.594. The van der Waals surface area contributed by atoms with Crippen LogP contribution in [0.3, 0.4) is 0 Å². The quantitative estimate of drug-likeness (QED) is 0.499. The van der Waals surface area contributed by atoms with Gasteiger partial charge in [0, 0.05) is 0 Å². The SMILES string of the molecule is [2H]N1CCC[C@@H]1C(=O)O. The van der Waals surface area contributed by atoms with Gasteiger partial charge in [0.05, 0.1) is 0 Å². The van der Waals surface area contributed by atoms with E-state index in [1.54, 1.807) is 0 Å². The van der Waals surface area contributed by atoms with Crippen LogP contribution >= 0.6 is 0 Å². The summed E-state index contributed by atoms with van der Waals surface area (Å²) in [7, 11) is 0. The van der Waals surface area contributed by atoms with E-state index < -0.39 is 12.0 Å². The van der Waals surface area contributed by atoms with Gasteiger partial charge >= 0.3 is 5.97 Å². The Labute approximate surface area is 49.2 Å². The molecule has 3 nitrogen and oxygen atoms in total. The maximum atomic E-state index is 10.3. The minimum atomic E-state index is -0.873. The highest BCUT2D eigenvalue weighted by Gasteiger charge is 2.20. The zero-order valence-corrected chi connectivity index (χ0v) is 4.50. The highest BCUT2D eigenvalue weighted by Crippen LogP contribution is 2.03. The molecular weight excluding hydrogens is 106 g/mol. The van der Waals surface area contributed by atoms with Crippen LogP contribution in [0.4, 0.5) is 0 Å². The van der Waals surface area contributed by atoms with Gasteiger partial charge in [0.1, 0.15) is 7.45 Å².